The molecule has 2 fully saturated rings. The van der Waals surface area contributed by atoms with Gasteiger partial charge in [0.15, 0.2) is 6.61 Å². The summed E-state index contributed by atoms with van der Waals surface area (Å²) in [5, 5.41) is 10.7. The molecule has 1 aromatic rings. The zero-order valence-corrected chi connectivity index (χ0v) is 11.3. The lowest BCUT2D eigenvalue weighted by molar-refractivity contribution is -0.154. The Bertz CT molecular complexity index is 491. The molecule has 116 valence electrons. The first-order valence-electron chi connectivity index (χ1n) is 6.88. The van der Waals surface area contributed by atoms with E-state index >= 15 is 0 Å². The first kappa shape index (κ1) is 14.6. The molecule has 2 unspecified atom stereocenters. The van der Waals surface area contributed by atoms with Gasteiger partial charge in [0.1, 0.15) is 0 Å². The summed E-state index contributed by atoms with van der Waals surface area (Å²) < 4.78 is 46.4. The fourth-order valence-corrected chi connectivity index (χ4v) is 3.05. The Balaban J connectivity index is 1.69. The molecule has 2 bridgehead atoms. The van der Waals surface area contributed by atoms with Gasteiger partial charge in [-0.25, -0.2) is 4.98 Å². The predicted molar refractivity (Wildman–Crippen MR) is 66.8 cm³/mol. The highest BCUT2D eigenvalue weighted by molar-refractivity contribution is 5.25. The van der Waals surface area contributed by atoms with Crippen molar-refractivity contribution in [1.82, 2.24) is 4.98 Å². The number of aliphatic hydroxyl groups is 1. The van der Waals surface area contributed by atoms with Gasteiger partial charge in [0.2, 0.25) is 5.88 Å². The summed E-state index contributed by atoms with van der Waals surface area (Å²) in [6.07, 6.45) is -0.0400. The van der Waals surface area contributed by atoms with E-state index in [-0.39, 0.29) is 18.1 Å². The number of pyridine rings is 1. The van der Waals surface area contributed by atoms with Gasteiger partial charge in [-0.15, -0.1) is 0 Å². The SMILES string of the molecule is OC1(c2ccc(OCC(F)(F)F)nc2)CC2CCC(C1)O2. The van der Waals surface area contributed by atoms with Crippen molar-refractivity contribution in [3.63, 3.8) is 0 Å². The average molecular weight is 303 g/mol. The zero-order valence-electron chi connectivity index (χ0n) is 11.3. The molecule has 0 radical (unpaired) electrons. The van der Waals surface area contributed by atoms with Gasteiger partial charge < -0.3 is 14.6 Å². The lowest BCUT2D eigenvalue weighted by Gasteiger charge is -2.36. The topological polar surface area (TPSA) is 51.6 Å². The van der Waals surface area contributed by atoms with Gasteiger partial charge in [0.25, 0.3) is 0 Å². The Labute approximate surface area is 119 Å². The highest BCUT2D eigenvalue weighted by Gasteiger charge is 2.44. The first-order chi connectivity index (χ1) is 9.84. The third-order valence-corrected chi connectivity index (χ3v) is 3.98. The second-order valence-corrected chi connectivity index (χ2v) is 5.69. The lowest BCUT2D eigenvalue weighted by atomic mass is 9.84. The molecule has 2 atom stereocenters. The highest BCUT2D eigenvalue weighted by Crippen LogP contribution is 2.43. The summed E-state index contributed by atoms with van der Waals surface area (Å²) in [6.45, 7) is -1.37. The van der Waals surface area contributed by atoms with E-state index < -0.39 is 18.4 Å². The van der Waals surface area contributed by atoms with Crippen LogP contribution in [-0.2, 0) is 10.3 Å². The van der Waals surface area contributed by atoms with Gasteiger partial charge in [-0.1, -0.05) is 0 Å². The largest absolute Gasteiger partial charge is 0.468 e. The number of alkyl halides is 3. The minimum atomic E-state index is -4.39. The average Bonchev–Trinajstić information content (AvgIpc) is 2.76. The minimum Gasteiger partial charge on any atom is -0.468 e. The van der Waals surface area contributed by atoms with Crippen LogP contribution in [0.4, 0.5) is 13.2 Å². The fraction of sp³-hybridized carbons (Fsp3) is 0.643. The molecule has 1 aromatic heterocycles. The van der Waals surface area contributed by atoms with Crippen molar-refractivity contribution >= 4 is 0 Å². The van der Waals surface area contributed by atoms with Crippen molar-refractivity contribution in [3.8, 4) is 5.88 Å². The number of halogens is 3. The number of nitrogens with zero attached hydrogens (tertiary/aromatic N) is 1. The van der Waals surface area contributed by atoms with Gasteiger partial charge in [-0.3, -0.25) is 0 Å². The van der Waals surface area contributed by atoms with Crippen molar-refractivity contribution in [2.24, 2.45) is 0 Å². The second-order valence-electron chi connectivity index (χ2n) is 5.69. The molecule has 21 heavy (non-hydrogen) atoms. The van der Waals surface area contributed by atoms with Crippen LogP contribution in [0.1, 0.15) is 31.2 Å². The van der Waals surface area contributed by atoms with Gasteiger partial charge in [-0.05, 0) is 18.9 Å². The van der Waals surface area contributed by atoms with E-state index in [4.69, 9.17) is 4.74 Å². The summed E-state index contributed by atoms with van der Waals surface area (Å²) >= 11 is 0. The molecule has 3 heterocycles. The number of aromatic nitrogens is 1. The molecule has 1 N–H and O–H groups in total. The number of rotatable bonds is 3. The van der Waals surface area contributed by atoms with Crippen LogP contribution in [0.25, 0.3) is 0 Å². The maximum Gasteiger partial charge on any atom is 0.422 e. The summed E-state index contributed by atoms with van der Waals surface area (Å²) in [4.78, 5) is 3.85. The lowest BCUT2D eigenvalue weighted by Crippen LogP contribution is -2.38. The van der Waals surface area contributed by atoms with E-state index in [9.17, 15) is 18.3 Å². The maximum atomic E-state index is 12.1. The fourth-order valence-electron chi connectivity index (χ4n) is 3.05. The molecule has 0 aliphatic carbocycles. The van der Waals surface area contributed by atoms with Crippen LogP contribution in [0, 0.1) is 0 Å². The number of ether oxygens (including phenoxy) is 2. The van der Waals surface area contributed by atoms with Crippen molar-refractivity contribution in [2.45, 2.75) is 49.7 Å². The molecule has 0 saturated carbocycles. The van der Waals surface area contributed by atoms with E-state index in [2.05, 4.69) is 9.72 Å². The van der Waals surface area contributed by atoms with Crippen LogP contribution in [-0.4, -0.2) is 35.1 Å². The summed E-state index contributed by atoms with van der Waals surface area (Å²) in [5.41, 5.74) is -0.415. The Hall–Kier alpha value is -1.34. The molecule has 7 heteroatoms. The van der Waals surface area contributed by atoms with E-state index in [1.54, 1.807) is 6.07 Å². The maximum absolute atomic E-state index is 12.1. The standard InChI is InChI=1S/C14H16F3NO3/c15-14(16,17)8-20-12-4-1-9(7-18-12)13(19)5-10-2-3-11(6-13)21-10/h1,4,7,10-11,19H,2-3,5-6,8H2. The van der Waals surface area contributed by atoms with Gasteiger partial charge >= 0.3 is 6.18 Å². The van der Waals surface area contributed by atoms with Crippen LogP contribution in [0.2, 0.25) is 0 Å². The molecule has 0 aromatic carbocycles. The molecule has 3 rings (SSSR count). The molecular weight excluding hydrogens is 287 g/mol. The van der Waals surface area contributed by atoms with E-state index in [0.29, 0.717) is 18.4 Å². The molecule has 0 spiro atoms. The van der Waals surface area contributed by atoms with Gasteiger partial charge in [0.05, 0.1) is 17.8 Å². The van der Waals surface area contributed by atoms with Crippen LogP contribution in [0.15, 0.2) is 18.3 Å². The Morgan fingerprint density at radius 2 is 1.95 bits per heavy atom. The number of hydrogen-bond acceptors (Lipinski definition) is 4. The Morgan fingerprint density at radius 3 is 2.48 bits per heavy atom. The minimum absolute atomic E-state index is 0.0508. The van der Waals surface area contributed by atoms with Gasteiger partial charge in [-0.2, -0.15) is 13.2 Å². The van der Waals surface area contributed by atoms with Crippen LogP contribution in [0.5, 0.6) is 5.88 Å². The van der Waals surface area contributed by atoms with Crippen LogP contribution >= 0.6 is 0 Å². The second kappa shape index (κ2) is 5.14. The number of hydrogen-bond donors (Lipinski definition) is 1. The molecule has 0 amide bonds. The number of fused-ring (bicyclic) bond motifs is 2. The van der Waals surface area contributed by atoms with E-state index in [0.717, 1.165) is 12.8 Å². The van der Waals surface area contributed by atoms with E-state index in [1.807, 2.05) is 0 Å². The molecule has 2 aliphatic heterocycles. The van der Waals surface area contributed by atoms with Crippen molar-refractivity contribution in [3.05, 3.63) is 23.9 Å². The van der Waals surface area contributed by atoms with Crippen LogP contribution < -0.4 is 4.74 Å². The van der Waals surface area contributed by atoms with Gasteiger partial charge in [0, 0.05) is 30.7 Å². The third kappa shape index (κ3) is 3.29. The van der Waals surface area contributed by atoms with Crippen molar-refractivity contribution in [2.75, 3.05) is 6.61 Å². The highest BCUT2D eigenvalue weighted by atomic mass is 19.4. The Kier molecular flexibility index (Phi) is 3.57. The third-order valence-electron chi connectivity index (χ3n) is 3.98. The van der Waals surface area contributed by atoms with Crippen molar-refractivity contribution < 1.29 is 27.8 Å². The summed E-state index contributed by atoms with van der Waals surface area (Å²) in [7, 11) is 0. The van der Waals surface area contributed by atoms with E-state index in [1.165, 1.54) is 12.3 Å². The molecule has 2 saturated heterocycles. The van der Waals surface area contributed by atoms with Crippen LogP contribution in [0.3, 0.4) is 0 Å². The summed E-state index contributed by atoms with van der Waals surface area (Å²) in [5.74, 6) is -0.102. The zero-order chi connectivity index (χ0) is 15.1. The monoisotopic (exact) mass is 303 g/mol. The first-order valence-corrected chi connectivity index (χ1v) is 6.88. The smallest absolute Gasteiger partial charge is 0.422 e. The molecule has 4 nitrogen and oxygen atoms in total. The van der Waals surface area contributed by atoms with Crippen molar-refractivity contribution in [1.29, 1.82) is 0 Å². The molecule has 2 aliphatic rings. The predicted octanol–water partition coefficient (Wildman–Crippen LogP) is 2.55. The quantitative estimate of drug-likeness (QED) is 0.932. The molecular formula is C14H16F3NO3. The summed E-state index contributed by atoms with van der Waals surface area (Å²) in [6, 6.07) is 2.93. The normalized spacial score (nSPS) is 32.2. The Morgan fingerprint density at radius 1 is 1.29 bits per heavy atom.